The van der Waals surface area contributed by atoms with Gasteiger partial charge in [0.1, 0.15) is 0 Å². The van der Waals surface area contributed by atoms with Crippen molar-refractivity contribution in [3.05, 3.63) is 41.2 Å². The lowest BCUT2D eigenvalue weighted by Crippen LogP contribution is -2.35. The van der Waals surface area contributed by atoms with Gasteiger partial charge >= 0.3 is 0 Å². The van der Waals surface area contributed by atoms with Crippen molar-refractivity contribution in [1.82, 2.24) is 9.88 Å². The van der Waals surface area contributed by atoms with E-state index in [-0.39, 0.29) is 11.7 Å². The summed E-state index contributed by atoms with van der Waals surface area (Å²) in [6.07, 6.45) is 1.69. The molecule has 3 rings (SSSR count). The van der Waals surface area contributed by atoms with Crippen molar-refractivity contribution in [2.24, 2.45) is 0 Å². The number of oxazole rings is 1. The molecule has 1 fully saturated rings. The third-order valence-corrected chi connectivity index (χ3v) is 3.73. The van der Waals surface area contributed by atoms with Crippen LogP contribution in [0.15, 0.2) is 34.9 Å². The van der Waals surface area contributed by atoms with Crippen LogP contribution in [0.2, 0.25) is 5.02 Å². The van der Waals surface area contributed by atoms with Gasteiger partial charge < -0.3 is 14.4 Å². The number of likely N-dealkylation sites (N-methyl/N-ethyl adjacent to an activating group) is 1. The Morgan fingerprint density at radius 1 is 1.50 bits per heavy atom. The first-order valence-electron chi connectivity index (χ1n) is 6.21. The van der Waals surface area contributed by atoms with Crippen LogP contribution in [-0.2, 0) is 10.4 Å². The molecule has 0 saturated carbocycles. The van der Waals surface area contributed by atoms with E-state index in [1.807, 2.05) is 0 Å². The maximum Gasteiger partial charge on any atom is 0.262 e. The van der Waals surface area contributed by atoms with E-state index in [1.165, 1.54) is 11.1 Å². The average molecular weight is 293 g/mol. The zero-order valence-electron chi connectivity index (χ0n) is 10.8. The van der Waals surface area contributed by atoms with Crippen molar-refractivity contribution in [1.29, 1.82) is 0 Å². The lowest BCUT2D eigenvalue weighted by molar-refractivity contribution is -0.144. The van der Waals surface area contributed by atoms with Gasteiger partial charge in [0.25, 0.3) is 5.91 Å². The van der Waals surface area contributed by atoms with Crippen LogP contribution in [0.1, 0.15) is 12.2 Å². The fraction of sp³-hybridized carbons (Fsp3) is 0.286. The minimum atomic E-state index is -1.61. The van der Waals surface area contributed by atoms with E-state index < -0.39 is 5.60 Å². The summed E-state index contributed by atoms with van der Waals surface area (Å²) in [5.74, 6) is 0.131. The second-order valence-electron chi connectivity index (χ2n) is 4.88. The first-order valence-corrected chi connectivity index (χ1v) is 6.59. The van der Waals surface area contributed by atoms with E-state index in [2.05, 4.69) is 4.98 Å². The molecule has 1 aliphatic heterocycles. The molecule has 20 heavy (non-hydrogen) atoms. The van der Waals surface area contributed by atoms with Crippen molar-refractivity contribution in [2.45, 2.75) is 12.0 Å². The number of rotatable bonds is 2. The molecule has 1 amide bonds. The van der Waals surface area contributed by atoms with Crippen molar-refractivity contribution in [2.75, 3.05) is 13.6 Å². The molecule has 0 spiro atoms. The molecule has 1 saturated heterocycles. The number of aliphatic hydroxyl groups is 1. The summed E-state index contributed by atoms with van der Waals surface area (Å²) in [5.41, 5.74) is -0.912. The highest BCUT2D eigenvalue weighted by Gasteiger charge is 2.48. The van der Waals surface area contributed by atoms with Gasteiger partial charge in [-0.25, -0.2) is 4.98 Å². The Morgan fingerprint density at radius 3 is 2.95 bits per heavy atom. The van der Waals surface area contributed by atoms with Crippen LogP contribution in [0.5, 0.6) is 0 Å². The predicted molar refractivity (Wildman–Crippen MR) is 73.1 cm³/mol. The number of carbonyl (C=O) groups excluding carboxylic acids is 1. The monoisotopic (exact) mass is 292 g/mol. The number of hydrogen-bond acceptors (Lipinski definition) is 4. The summed E-state index contributed by atoms with van der Waals surface area (Å²) in [5, 5.41) is 11.0. The van der Waals surface area contributed by atoms with Gasteiger partial charge in [-0.05, 0) is 18.2 Å². The maximum absolute atomic E-state index is 12.0. The Balaban J connectivity index is 1.97. The van der Waals surface area contributed by atoms with Crippen LogP contribution >= 0.6 is 11.6 Å². The van der Waals surface area contributed by atoms with Gasteiger partial charge in [-0.3, -0.25) is 4.79 Å². The number of hydrogen-bond donors (Lipinski definition) is 1. The number of likely N-dealkylation sites (tertiary alicyclic amines) is 1. The van der Waals surface area contributed by atoms with E-state index in [0.717, 1.165) is 0 Å². The number of carbonyl (C=O) groups is 1. The summed E-state index contributed by atoms with van der Waals surface area (Å²) in [7, 11) is 1.65. The molecule has 2 heterocycles. The largest absolute Gasteiger partial charge is 0.438 e. The molecule has 1 N–H and O–H groups in total. The fourth-order valence-electron chi connectivity index (χ4n) is 2.30. The van der Waals surface area contributed by atoms with Gasteiger partial charge in [0.05, 0.1) is 6.20 Å². The molecule has 1 atom stereocenters. The van der Waals surface area contributed by atoms with Crippen molar-refractivity contribution >= 4 is 17.5 Å². The van der Waals surface area contributed by atoms with Gasteiger partial charge in [-0.2, -0.15) is 0 Å². The van der Waals surface area contributed by atoms with E-state index in [9.17, 15) is 9.90 Å². The molecule has 1 aliphatic rings. The number of halogens is 1. The van der Waals surface area contributed by atoms with Crippen LogP contribution in [0.25, 0.3) is 11.5 Å². The third-order valence-electron chi connectivity index (χ3n) is 3.49. The molecule has 2 aromatic rings. The molecule has 1 aromatic heterocycles. The van der Waals surface area contributed by atoms with E-state index in [0.29, 0.717) is 29.4 Å². The van der Waals surface area contributed by atoms with Gasteiger partial charge in [0.15, 0.2) is 5.76 Å². The Labute approximate surface area is 120 Å². The molecule has 1 aromatic carbocycles. The first kappa shape index (κ1) is 13.1. The fourth-order valence-corrected chi connectivity index (χ4v) is 2.49. The standard InChI is InChI=1S/C14H13ClN2O3/c1-17-6-5-14(19,13(17)18)11-8-16-12(20-11)9-3-2-4-10(15)7-9/h2-4,7-8,19H,5-6H2,1H3/t14-/m1/s1. The van der Waals surface area contributed by atoms with Crippen LogP contribution in [0, 0.1) is 0 Å². The van der Waals surface area contributed by atoms with Gasteiger partial charge in [-0.15, -0.1) is 0 Å². The van der Waals surface area contributed by atoms with E-state index in [1.54, 1.807) is 31.3 Å². The SMILES string of the molecule is CN1CC[C@@](O)(c2cnc(-c3cccc(Cl)c3)o2)C1=O. The molecule has 0 radical (unpaired) electrons. The molecule has 0 aliphatic carbocycles. The normalized spacial score (nSPS) is 22.6. The third kappa shape index (κ3) is 1.99. The second-order valence-corrected chi connectivity index (χ2v) is 5.31. The Hall–Kier alpha value is -1.85. The topological polar surface area (TPSA) is 66.6 Å². The highest BCUT2D eigenvalue weighted by molar-refractivity contribution is 6.30. The van der Waals surface area contributed by atoms with Crippen molar-refractivity contribution < 1.29 is 14.3 Å². The molecule has 6 heteroatoms. The minimum absolute atomic E-state index is 0.168. The smallest absolute Gasteiger partial charge is 0.262 e. The minimum Gasteiger partial charge on any atom is -0.438 e. The highest BCUT2D eigenvalue weighted by Crippen LogP contribution is 2.34. The quantitative estimate of drug-likeness (QED) is 0.920. The molecule has 0 bridgehead atoms. The Kier molecular flexibility index (Phi) is 3.03. The second kappa shape index (κ2) is 4.61. The summed E-state index contributed by atoms with van der Waals surface area (Å²) >= 11 is 5.92. The highest BCUT2D eigenvalue weighted by atomic mass is 35.5. The molecular formula is C14H13ClN2O3. The first-order chi connectivity index (χ1) is 9.50. The van der Waals surface area contributed by atoms with Gasteiger partial charge in [0.2, 0.25) is 11.5 Å². The Bertz CT molecular complexity index is 670. The lowest BCUT2D eigenvalue weighted by atomic mass is 10.0. The van der Waals surface area contributed by atoms with Crippen molar-refractivity contribution in [3.8, 4) is 11.5 Å². The molecule has 5 nitrogen and oxygen atoms in total. The Morgan fingerprint density at radius 2 is 2.30 bits per heavy atom. The van der Waals surface area contributed by atoms with Gasteiger partial charge in [0, 0.05) is 30.6 Å². The zero-order chi connectivity index (χ0) is 14.3. The summed E-state index contributed by atoms with van der Waals surface area (Å²) in [6, 6.07) is 7.04. The number of amides is 1. The number of aromatic nitrogens is 1. The summed E-state index contributed by atoms with van der Waals surface area (Å²) < 4.78 is 5.56. The molecule has 0 unspecified atom stereocenters. The summed E-state index contributed by atoms with van der Waals surface area (Å²) in [4.78, 5) is 17.6. The predicted octanol–water partition coefficient (Wildman–Crippen LogP) is 2.04. The van der Waals surface area contributed by atoms with Crippen LogP contribution in [0.4, 0.5) is 0 Å². The number of benzene rings is 1. The molecular weight excluding hydrogens is 280 g/mol. The van der Waals surface area contributed by atoms with Gasteiger partial charge in [-0.1, -0.05) is 17.7 Å². The number of nitrogens with zero attached hydrogens (tertiary/aromatic N) is 2. The van der Waals surface area contributed by atoms with Crippen LogP contribution in [0.3, 0.4) is 0 Å². The lowest BCUT2D eigenvalue weighted by Gasteiger charge is -2.17. The zero-order valence-corrected chi connectivity index (χ0v) is 11.6. The van der Waals surface area contributed by atoms with Crippen LogP contribution < -0.4 is 0 Å². The van der Waals surface area contributed by atoms with E-state index in [4.69, 9.17) is 16.0 Å². The summed E-state index contributed by atoms with van der Waals surface area (Å²) in [6.45, 7) is 0.489. The van der Waals surface area contributed by atoms with E-state index >= 15 is 0 Å². The maximum atomic E-state index is 12.0. The van der Waals surface area contributed by atoms with Crippen molar-refractivity contribution in [3.63, 3.8) is 0 Å². The van der Waals surface area contributed by atoms with Crippen LogP contribution in [-0.4, -0.2) is 34.5 Å². The molecule has 104 valence electrons. The average Bonchev–Trinajstić information content (AvgIpc) is 3.02.